The maximum atomic E-state index is 12.9. The second-order valence-electron chi connectivity index (χ2n) is 8.01. The number of hydrogen-bond acceptors (Lipinski definition) is 6. The van der Waals surface area contributed by atoms with Gasteiger partial charge in [-0.25, -0.2) is 4.79 Å². The molecule has 4 rings (SSSR count). The van der Waals surface area contributed by atoms with Gasteiger partial charge in [0.15, 0.2) is 0 Å². The van der Waals surface area contributed by atoms with Crippen LogP contribution in [0, 0.1) is 10.1 Å². The van der Waals surface area contributed by atoms with E-state index in [9.17, 15) is 14.9 Å². The molecule has 2 aromatic carbocycles. The lowest BCUT2D eigenvalue weighted by Crippen LogP contribution is -2.37. The number of ether oxygens (including phenoxy) is 2. The van der Waals surface area contributed by atoms with E-state index in [2.05, 4.69) is 0 Å². The maximum Gasteiger partial charge on any atom is 0.343 e. The van der Waals surface area contributed by atoms with Gasteiger partial charge in [0.1, 0.15) is 11.3 Å². The molecule has 0 saturated heterocycles. The van der Waals surface area contributed by atoms with Crippen molar-refractivity contribution in [3.05, 3.63) is 80.2 Å². The van der Waals surface area contributed by atoms with Crippen LogP contribution in [0.3, 0.4) is 0 Å². The molecule has 0 aliphatic carbocycles. The van der Waals surface area contributed by atoms with Crippen LogP contribution in [0.2, 0.25) is 0 Å². The van der Waals surface area contributed by atoms with E-state index in [4.69, 9.17) is 13.9 Å². The highest BCUT2D eigenvalue weighted by Crippen LogP contribution is 2.45. The first-order valence-corrected chi connectivity index (χ1v) is 9.38. The quantitative estimate of drug-likeness (QED) is 0.361. The molecule has 0 fully saturated rings. The zero-order valence-corrected chi connectivity index (χ0v) is 16.4. The van der Waals surface area contributed by atoms with Crippen molar-refractivity contribution in [3.8, 4) is 5.75 Å². The monoisotopic (exact) mass is 395 g/mol. The molecule has 0 unspecified atom stereocenters. The molecule has 3 aromatic rings. The number of benzene rings is 2. The van der Waals surface area contributed by atoms with E-state index in [1.165, 1.54) is 6.07 Å². The summed E-state index contributed by atoms with van der Waals surface area (Å²) in [5.74, 6) is -0.228. The number of nitro benzene ring substituents is 1. The fourth-order valence-corrected chi connectivity index (χ4v) is 3.75. The maximum absolute atomic E-state index is 12.9. The lowest BCUT2D eigenvalue weighted by atomic mass is 9.85. The van der Waals surface area contributed by atoms with Gasteiger partial charge in [0.25, 0.3) is 5.69 Å². The van der Waals surface area contributed by atoms with E-state index >= 15 is 0 Å². The molecule has 1 aromatic heterocycles. The van der Waals surface area contributed by atoms with Gasteiger partial charge in [0, 0.05) is 24.0 Å². The summed E-state index contributed by atoms with van der Waals surface area (Å²) in [7, 11) is 0. The average molecular weight is 395 g/mol. The lowest BCUT2D eigenvalue weighted by molar-refractivity contribution is -0.385. The number of rotatable bonds is 3. The predicted octanol–water partition coefficient (Wildman–Crippen LogP) is 4.76. The largest absolute Gasteiger partial charge is 0.464 e. The van der Waals surface area contributed by atoms with E-state index in [0.717, 1.165) is 0 Å². The average Bonchev–Trinajstić information content (AvgIpc) is 2.66. The number of fused-ring (bicyclic) bond motifs is 3. The first kappa shape index (κ1) is 19.1. The second kappa shape index (κ2) is 7.00. The fourth-order valence-electron chi connectivity index (χ4n) is 3.75. The molecule has 0 spiro atoms. The molecule has 2 heterocycles. The molecule has 7 nitrogen and oxygen atoms in total. The highest BCUT2D eigenvalue weighted by atomic mass is 16.7. The molecule has 0 saturated carbocycles. The minimum Gasteiger partial charge on any atom is -0.464 e. The Labute approximate surface area is 167 Å². The third kappa shape index (κ3) is 3.61. The Morgan fingerprint density at radius 2 is 1.79 bits per heavy atom. The molecule has 2 atom stereocenters. The minimum absolute atomic E-state index is 0.0487. The predicted molar refractivity (Wildman–Crippen MR) is 107 cm³/mol. The Kier molecular flexibility index (Phi) is 4.62. The Morgan fingerprint density at radius 3 is 2.52 bits per heavy atom. The van der Waals surface area contributed by atoms with Gasteiger partial charge in [-0.3, -0.25) is 10.1 Å². The molecule has 0 bridgehead atoms. The van der Waals surface area contributed by atoms with Gasteiger partial charge >= 0.3 is 5.63 Å². The van der Waals surface area contributed by atoms with Crippen LogP contribution in [0.5, 0.6) is 5.75 Å². The molecule has 0 N–H and O–H groups in total. The summed E-state index contributed by atoms with van der Waals surface area (Å²) in [5.41, 5.74) is 0.0151. The van der Waals surface area contributed by atoms with Gasteiger partial charge in [-0.05, 0) is 32.9 Å². The van der Waals surface area contributed by atoms with Crippen LogP contribution in [-0.4, -0.2) is 16.8 Å². The SMILES string of the molecule is CC(C)(C)O[C@@H]1C[C@@H](c2ccccc2[N+](=O)[O-])c2c(c3ccccc3oc2=O)O1. The van der Waals surface area contributed by atoms with E-state index in [1.807, 2.05) is 26.8 Å². The van der Waals surface area contributed by atoms with Crippen molar-refractivity contribution in [2.24, 2.45) is 0 Å². The third-order valence-corrected chi connectivity index (χ3v) is 4.82. The van der Waals surface area contributed by atoms with E-state index in [-0.39, 0.29) is 17.7 Å². The summed E-state index contributed by atoms with van der Waals surface area (Å²) in [4.78, 5) is 24.1. The van der Waals surface area contributed by atoms with Gasteiger partial charge < -0.3 is 13.9 Å². The van der Waals surface area contributed by atoms with Crippen LogP contribution in [0.1, 0.15) is 44.2 Å². The summed E-state index contributed by atoms with van der Waals surface area (Å²) >= 11 is 0. The Hall–Kier alpha value is -3.19. The molecule has 0 radical (unpaired) electrons. The van der Waals surface area contributed by atoms with Crippen molar-refractivity contribution in [1.82, 2.24) is 0 Å². The molecular weight excluding hydrogens is 374 g/mol. The minimum atomic E-state index is -0.669. The number of hydrogen-bond donors (Lipinski definition) is 0. The Balaban J connectivity index is 1.96. The number of nitro groups is 1. The van der Waals surface area contributed by atoms with Crippen LogP contribution in [0.25, 0.3) is 11.0 Å². The zero-order valence-electron chi connectivity index (χ0n) is 16.4. The van der Waals surface area contributed by atoms with E-state index < -0.39 is 28.4 Å². The van der Waals surface area contributed by atoms with Crippen LogP contribution >= 0.6 is 0 Å². The van der Waals surface area contributed by atoms with Crippen LogP contribution in [0.4, 0.5) is 5.69 Å². The summed E-state index contributed by atoms with van der Waals surface area (Å²) in [6.45, 7) is 5.72. The van der Waals surface area contributed by atoms with Gasteiger partial charge in [-0.15, -0.1) is 0 Å². The Morgan fingerprint density at radius 1 is 1.10 bits per heavy atom. The molecule has 7 heteroatoms. The van der Waals surface area contributed by atoms with Gasteiger partial charge in [0.2, 0.25) is 6.29 Å². The first-order chi connectivity index (χ1) is 13.7. The topological polar surface area (TPSA) is 91.8 Å². The Bertz CT molecular complexity index is 1140. The van der Waals surface area contributed by atoms with Crippen LogP contribution in [0.15, 0.2) is 57.7 Å². The summed E-state index contributed by atoms with van der Waals surface area (Å²) in [6.07, 6.45) is -0.407. The lowest BCUT2D eigenvalue weighted by Gasteiger charge is -2.35. The van der Waals surface area contributed by atoms with E-state index in [0.29, 0.717) is 22.3 Å². The van der Waals surface area contributed by atoms with Crippen LogP contribution < -0.4 is 10.4 Å². The first-order valence-electron chi connectivity index (χ1n) is 9.38. The van der Waals surface area contributed by atoms with Gasteiger partial charge in [-0.2, -0.15) is 0 Å². The fraction of sp³-hybridized carbons (Fsp3) is 0.318. The normalized spacial score (nSPS) is 18.9. The smallest absolute Gasteiger partial charge is 0.343 e. The van der Waals surface area contributed by atoms with Crippen molar-refractivity contribution in [2.45, 2.75) is 45.0 Å². The molecular formula is C22H21NO6. The second-order valence-corrected chi connectivity index (χ2v) is 8.01. The van der Waals surface area contributed by atoms with Crippen molar-refractivity contribution in [2.75, 3.05) is 0 Å². The molecule has 150 valence electrons. The van der Waals surface area contributed by atoms with Gasteiger partial charge in [0.05, 0.1) is 21.5 Å². The zero-order chi connectivity index (χ0) is 20.8. The molecule has 29 heavy (non-hydrogen) atoms. The van der Waals surface area contributed by atoms with E-state index in [1.54, 1.807) is 36.4 Å². The van der Waals surface area contributed by atoms with Crippen molar-refractivity contribution < 1.29 is 18.8 Å². The number of para-hydroxylation sites is 2. The van der Waals surface area contributed by atoms with Crippen LogP contribution in [-0.2, 0) is 4.74 Å². The van der Waals surface area contributed by atoms with Crippen molar-refractivity contribution in [3.63, 3.8) is 0 Å². The summed E-state index contributed by atoms with van der Waals surface area (Å²) < 4.78 is 17.7. The van der Waals surface area contributed by atoms with Crippen molar-refractivity contribution in [1.29, 1.82) is 0 Å². The molecule has 1 aliphatic heterocycles. The highest BCUT2D eigenvalue weighted by Gasteiger charge is 2.39. The molecule has 1 aliphatic rings. The standard InChI is InChI=1S/C22H21NO6/c1-22(2,3)29-18-12-15(13-8-4-6-10-16(13)23(25)26)19-20(28-18)14-9-5-7-11-17(14)27-21(19)24/h4-11,15,18H,12H2,1-3H3/t15-,18+/m0/s1. The molecule has 0 amide bonds. The highest BCUT2D eigenvalue weighted by molar-refractivity contribution is 5.85. The third-order valence-electron chi connectivity index (χ3n) is 4.82. The number of nitrogens with zero attached hydrogens (tertiary/aromatic N) is 1. The summed E-state index contributed by atoms with van der Waals surface area (Å²) in [6, 6.07) is 13.5. The summed E-state index contributed by atoms with van der Waals surface area (Å²) in [5, 5.41) is 12.3. The van der Waals surface area contributed by atoms with Crippen molar-refractivity contribution >= 4 is 16.7 Å². The van der Waals surface area contributed by atoms with Gasteiger partial charge in [-0.1, -0.05) is 30.3 Å².